The van der Waals surface area contributed by atoms with Gasteiger partial charge < -0.3 is 4.57 Å². The van der Waals surface area contributed by atoms with Crippen molar-refractivity contribution in [2.24, 2.45) is 0 Å². The van der Waals surface area contributed by atoms with E-state index >= 15 is 0 Å². The maximum atomic E-state index is 11.6. The van der Waals surface area contributed by atoms with Gasteiger partial charge in [0.1, 0.15) is 0 Å². The number of fused-ring (bicyclic) bond motifs is 1. The van der Waals surface area contributed by atoms with Gasteiger partial charge in [-0.05, 0) is 25.0 Å². The first kappa shape index (κ1) is 11.4. The van der Waals surface area contributed by atoms with Gasteiger partial charge in [-0.2, -0.15) is 0 Å². The van der Waals surface area contributed by atoms with E-state index in [0.29, 0.717) is 0 Å². The highest BCUT2D eigenvalue weighted by molar-refractivity contribution is 9.09. The van der Waals surface area contributed by atoms with E-state index in [1.165, 1.54) is 0 Å². The Bertz CT molecular complexity index is 533. The van der Waals surface area contributed by atoms with E-state index in [-0.39, 0.29) is 5.43 Å². The molecule has 0 unspecified atom stereocenters. The quantitative estimate of drug-likeness (QED) is 0.622. The second-order valence-corrected chi connectivity index (χ2v) is 4.58. The summed E-state index contributed by atoms with van der Waals surface area (Å²) < 4.78 is 2.15. The summed E-state index contributed by atoms with van der Waals surface area (Å²) in [5, 5.41) is 1.84. The van der Waals surface area contributed by atoms with Crippen molar-refractivity contribution in [1.29, 1.82) is 0 Å². The molecule has 1 aromatic heterocycles. The van der Waals surface area contributed by atoms with Crippen LogP contribution in [0.5, 0.6) is 0 Å². The highest BCUT2D eigenvalue weighted by Gasteiger charge is 2.00. The fraction of sp³-hybridized carbons (Fsp3) is 0.308. The molecular formula is C13H14BrNO. The molecule has 0 saturated heterocycles. The van der Waals surface area contributed by atoms with Crippen molar-refractivity contribution in [2.75, 3.05) is 5.33 Å². The fourth-order valence-corrected chi connectivity index (χ4v) is 2.23. The molecule has 2 aromatic rings. The average Bonchev–Trinajstić information content (AvgIpc) is 2.33. The molecule has 0 spiro atoms. The van der Waals surface area contributed by atoms with Crippen molar-refractivity contribution >= 4 is 26.8 Å². The van der Waals surface area contributed by atoms with Crippen LogP contribution in [0.25, 0.3) is 10.9 Å². The average molecular weight is 280 g/mol. The number of hydrogen-bond acceptors (Lipinski definition) is 1. The Balaban J connectivity index is 2.38. The van der Waals surface area contributed by atoms with Crippen LogP contribution in [0.1, 0.15) is 12.8 Å². The lowest BCUT2D eigenvalue weighted by molar-refractivity contribution is 0.650. The second-order valence-electron chi connectivity index (χ2n) is 3.79. The molecule has 0 fully saturated rings. The van der Waals surface area contributed by atoms with Crippen LogP contribution in [0.15, 0.2) is 41.3 Å². The minimum absolute atomic E-state index is 0.104. The maximum absolute atomic E-state index is 11.6. The van der Waals surface area contributed by atoms with Gasteiger partial charge in [0, 0.05) is 29.5 Å². The molecule has 0 aliphatic carbocycles. The smallest absolute Gasteiger partial charge is 0.189 e. The monoisotopic (exact) mass is 279 g/mol. The highest BCUT2D eigenvalue weighted by atomic mass is 79.9. The van der Waals surface area contributed by atoms with E-state index in [4.69, 9.17) is 0 Å². The number of hydrogen-bond donors (Lipinski definition) is 0. The van der Waals surface area contributed by atoms with E-state index in [1.807, 2.05) is 30.5 Å². The van der Waals surface area contributed by atoms with Gasteiger partial charge in [0.2, 0.25) is 0 Å². The number of unbranched alkanes of at least 4 members (excludes halogenated alkanes) is 1. The van der Waals surface area contributed by atoms with E-state index in [2.05, 4.69) is 20.5 Å². The first-order valence-electron chi connectivity index (χ1n) is 5.47. The summed E-state index contributed by atoms with van der Waals surface area (Å²) in [6.07, 6.45) is 4.16. The van der Waals surface area contributed by atoms with Gasteiger partial charge in [-0.3, -0.25) is 4.79 Å². The summed E-state index contributed by atoms with van der Waals surface area (Å²) in [4.78, 5) is 11.6. The van der Waals surface area contributed by atoms with E-state index < -0.39 is 0 Å². The molecule has 0 bridgehead atoms. The SMILES string of the molecule is O=c1ccn(CCCCBr)c2ccccc12. The largest absolute Gasteiger partial charge is 0.347 e. The van der Waals surface area contributed by atoms with Crippen LogP contribution in [-0.2, 0) is 6.54 Å². The molecule has 3 heteroatoms. The van der Waals surface area contributed by atoms with Crippen molar-refractivity contribution in [1.82, 2.24) is 4.57 Å². The third-order valence-corrected chi connectivity index (χ3v) is 3.23. The third kappa shape index (κ3) is 2.35. The number of para-hydroxylation sites is 1. The van der Waals surface area contributed by atoms with Gasteiger partial charge in [0.25, 0.3) is 0 Å². The summed E-state index contributed by atoms with van der Waals surface area (Å²) >= 11 is 3.43. The van der Waals surface area contributed by atoms with Crippen LogP contribution >= 0.6 is 15.9 Å². The van der Waals surface area contributed by atoms with Crippen molar-refractivity contribution < 1.29 is 0 Å². The molecule has 0 N–H and O–H groups in total. The summed E-state index contributed by atoms with van der Waals surface area (Å²) in [5.74, 6) is 0. The molecule has 2 nitrogen and oxygen atoms in total. The first-order chi connectivity index (χ1) is 7.83. The van der Waals surface area contributed by atoms with Crippen LogP contribution in [0.2, 0.25) is 0 Å². The van der Waals surface area contributed by atoms with Crippen molar-refractivity contribution in [2.45, 2.75) is 19.4 Å². The van der Waals surface area contributed by atoms with Crippen molar-refractivity contribution in [3.8, 4) is 0 Å². The summed E-state index contributed by atoms with van der Waals surface area (Å²) in [6.45, 7) is 0.965. The molecule has 1 heterocycles. The number of pyridine rings is 1. The van der Waals surface area contributed by atoms with Crippen LogP contribution in [-0.4, -0.2) is 9.90 Å². The van der Waals surface area contributed by atoms with Crippen molar-refractivity contribution in [3.63, 3.8) is 0 Å². The lowest BCUT2D eigenvalue weighted by Gasteiger charge is -2.09. The standard InChI is InChI=1S/C13H14BrNO/c14-8-3-4-9-15-10-7-13(16)11-5-1-2-6-12(11)15/h1-2,5-7,10H,3-4,8-9H2. The van der Waals surface area contributed by atoms with Gasteiger partial charge in [-0.25, -0.2) is 0 Å². The lowest BCUT2D eigenvalue weighted by Crippen LogP contribution is -2.08. The Morgan fingerprint density at radius 1 is 1.12 bits per heavy atom. The Morgan fingerprint density at radius 3 is 2.75 bits per heavy atom. The Morgan fingerprint density at radius 2 is 1.94 bits per heavy atom. The van der Waals surface area contributed by atoms with E-state index in [9.17, 15) is 4.79 Å². The number of aromatic nitrogens is 1. The zero-order chi connectivity index (χ0) is 11.4. The van der Waals surface area contributed by atoms with Crippen LogP contribution < -0.4 is 5.43 Å². The zero-order valence-electron chi connectivity index (χ0n) is 9.03. The first-order valence-corrected chi connectivity index (χ1v) is 6.59. The van der Waals surface area contributed by atoms with Gasteiger partial charge in [0.15, 0.2) is 5.43 Å². The summed E-state index contributed by atoms with van der Waals surface area (Å²) in [5.41, 5.74) is 1.14. The number of rotatable bonds is 4. The van der Waals surface area contributed by atoms with Gasteiger partial charge in [0.05, 0.1) is 5.52 Å². The highest BCUT2D eigenvalue weighted by Crippen LogP contribution is 2.10. The number of benzene rings is 1. The minimum Gasteiger partial charge on any atom is -0.347 e. The van der Waals surface area contributed by atoms with Crippen LogP contribution in [0.3, 0.4) is 0 Å². The zero-order valence-corrected chi connectivity index (χ0v) is 10.6. The second kappa shape index (κ2) is 5.30. The Hall–Kier alpha value is -1.09. The predicted molar refractivity (Wildman–Crippen MR) is 71.2 cm³/mol. The molecule has 0 aliphatic heterocycles. The topological polar surface area (TPSA) is 22.0 Å². The van der Waals surface area contributed by atoms with Gasteiger partial charge in [-0.15, -0.1) is 0 Å². The third-order valence-electron chi connectivity index (χ3n) is 2.67. The fourth-order valence-electron chi connectivity index (χ4n) is 1.83. The predicted octanol–water partition coefficient (Wildman–Crippen LogP) is 3.18. The Kier molecular flexibility index (Phi) is 3.78. The molecule has 0 aliphatic rings. The molecule has 0 saturated carbocycles. The van der Waals surface area contributed by atoms with Gasteiger partial charge >= 0.3 is 0 Å². The maximum Gasteiger partial charge on any atom is 0.189 e. The van der Waals surface area contributed by atoms with Crippen LogP contribution in [0.4, 0.5) is 0 Å². The van der Waals surface area contributed by atoms with Gasteiger partial charge in [-0.1, -0.05) is 28.1 Å². The van der Waals surface area contributed by atoms with E-state index in [1.54, 1.807) is 6.07 Å². The lowest BCUT2D eigenvalue weighted by atomic mass is 10.2. The molecule has 0 radical (unpaired) electrons. The molecular weight excluding hydrogens is 266 g/mol. The minimum atomic E-state index is 0.104. The molecule has 0 amide bonds. The molecule has 2 rings (SSSR count). The molecule has 16 heavy (non-hydrogen) atoms. The van der Waals surface area contributed by atoms with Crippen molar-refractivity contribution in [3.05, 3.63) is 46.8 Å². The number of aryl methyl sites for hydroxylation is 1. The molecule has 1 aromatic carbocycles. The molecule has 0 atom stereocenters. The summed E-state index contributed by atoms with van der Waals surface area (Å²) in [6, 6.07) is 9.43. The summed E-state index contributed by atoms with van der Waals surface area (Å²) in [7, 11) is 0. The normalized spacial score (nSPS) is 10.8. The number of nitrogens with zero attached hydrogens (tertiary/aromatic N) is 1. The number of halogens is 1. The van der Waals surface area contributed by atoms with E-state index in [0.717, 1.165) is 35.6 Å². The number of alkyl halides is 1. The Labute approximate surface area is 103 Å². The molecule has 84 valence electrons. The van der Waals surface area contributed by atoms with Crippen LogP contribution in [0, 0.1) is 0 Å².